The number of aliphatic imine (C=N–C) groups is 1. The molecular formula is C13H17ClIN3S2. The summed E-state index contributed by atoms with van der Waals surface area (Å²) in [6, 6.07) is 8.20. The van der Waals surface area contributed by atoms with Crippen LogP contribution in [0.5, 0.6) is 0 Å². The number of halogens is 2. The fourth-order valence-corrected chi connectivity index (χ4v) is 3.45. The van der Waals surface area contributed by atoms with Gasteiger partial charge < -0.3 is 10.6 Å². The average molecular weight is 442 g/mol. The summed E-state index contributed by atoms with van der Waals surface area (Å²) in [5.74, 6) is 0.801. The van der Waals surface area contributed by atoms with Gasteiger partial charge in [0.25, 0.3) is 0 Å². The van der Waals surface area contributed by atoms with Crippen molar-refractivity contribution in [2.24, 2.45) is 4.99 Å². The van der Waals surface area contributed by atoms with E-state index >= 15 is 0 Å². The van der Waals surface area contributed by atoms with Crippen LogP contribution in [-0.4, -0.2) is 13.0 Å². The van der Waals surface area contributed by atoms with Crippen molar-refractivity contribution >= 4 is 64.2 Å². The first-order chi connectivity index (χ1) is 9.17. The summed E-state index contributed by atoms with van der Waals surface area (Å²) in [6.45, 7) is 3.64. The summed E-state index contributed by atoms with van der Waals surface area (Å²) in [5.41, 5.74) is 0. The summed E-state index contributed by atoms with van der Waals surface area (Å²) in [5, 5.41) is 6.57. The maximum Gasteiger partial charge on any atom is 0.191 e. The van der Waals surface area contributed by atoms with Gasteiger partial charge in [0.05, 0.1) is 17.4 Å². The molecular weight excluding hydrogens is 425 g/mol. The second-order valence-corrected chi connectivity index (χ2v) is 7.17. The molecule has 2 aromatic rings. The highest BCUT2D eigenvalue weighted by Crippen LogP contribution is 2.21. The fraction of sp³-hybridized carbons (Fsp3) is 0.308. The van der Waals surface area contributed by atoms with Gasteiger partial charge in [0.2, 0.25) is 0 Å². The third kappa shape index (κ3) is 5.59. The minimum absolute atomic E-state index is 0. The summed E-state index contributed by atoms with van der Waals surface area (Å²) in [6.07, 6.45) is 0. The number of nitrogens with one attached hydrogen (secondary N) is 2. The Kier molecular flexibility index (Phi) is 7.86. The van der Waals surface area contributed by atoms with E-state index in [9.17, 15) is 0 Å². The zero-order chi connectivity index (χ0) is 13.7. The number of hydrogen-bond donors (Lipinski definition) is 2. The van der Waals surface area contributed by atoms with Gasteiger partial charge in [-0.05, 0) is 31.2 Å². The Morgan fingerprint density at radius 3 is 2.15 bits per heavy atom. The first-order valence-electron chi connectivity index (χ1n) is 5.91. The molecule has 0 radical (unpaired) electrons. The Morgan fingerprint density at radius 1 is 1.10 bits per heavy atom. The Morgan fingerprint density at radius 2 is 1.70 bits per heavy atom. The Balaban J connectivity index is 0.00000200. The molecule has 2 heterocycles. The van der Waals surface area contributed by atoms with Gasteiger partial charge in [0.15, 0.2) is 5.96 Å². The van der Waals surface area contributed by atoms with Crippen LogP contribution in [0.4, 0.5) is 0 Å². The molecule has 0 saturated carbocycles. The molecule has 0 aliphatic heterocycles. The Bertz CT molecular complexity index is 519. The van der Waals surface area contributed by atoms with Crippen LogP contribution in [0.3, 0.4) is 0 Å². The normalized spacial score (nSPS) is 11.1. The van der Waals surface area contributed by atoms with Gasteiger partial charge in [0.1, 0.15) is 0 Å². The van der Waals surface area contributed by atoms with Gasteiger partial charge in [-0.3, -0.25) is 4.99 Å². The van der Waals surface area contributed by atoms with E-state index in [0.717, 1.165) is 23.4 Å². The smallest absolute Gasteiger partial charge is 0.191 e. The van der Waals surface area contributed by atoms with Gasteiger partial charge in [-0.15, -0.1) is 46.7 Å². The van der Waals surface area contributed by atoms with Gasteiger partial charge in [-0.2, -0.15) is 0 Å². The molecule has 0 bridgehead atoms. The Labute approximate surface area is 149 Å². The van der Waals surface area contributed by atoms with E-state index < -0.39 is 0 Å². The van der Waals surface area contributed by atoms with E-state index in [4.69, 9.17) is 11.6 Å². The van der Waals surface area contributed by atoms with Crippen molar-refractivity contribution in [3.05, 3.63) is 43.2 Å². The highest BCUT2D eigenvalue weighted by Gasteiger charge is 2.02. The largest absolute Gasteiger partial charge is 0.352 e. The van der Waals surface area contributed by atoms with E-state index in [-0.39, 0.29) is 24.0 Å². The van der Waals surface area contributed by atoms with Crippen molar-refractivity contribution in [2.75, 3.05) is 7.05 Å². The molecule has 2 N–H and O–H groups in total. The fourth-order valence-electron chi connectivity index (χ4n) is 1.59. The number of aryl methyl sites for hydroxylation is 1. The van der Waals surface area contributed by atoms with Crippen LogP contribution in [0, 0.1) is 6.92 Å². The molecule has 0 aromatic carbocycles. The number of nitrogens with zero attached hydrogens (tertiary/aromatic N) is 1. The van der Waals surface area contributed by atoms with Crippen LogP contribution in [0.2, 0.25) is 4.34 Å². The predicted octanol–water partition coefficient (Wildman–Crippen LogP) is 4.25. The summed E-state index contributed by atoms with van der Waals surface area (Å²) in [4.78, 5) is 8.03. The van der Waals surface area contributed by atoms with Crippen molar-refractivity contribution in [3.63, 3.8) is 0 Å². The second-order valence-electron chi connectivity index (χ2n) is 4.00. The van der Waals surface area contributed by atoms with Crippen molar-refractivity contribution in [1.82, 2.24) is 10.6 Å². The molecule has 0 aliphatic carbocycles. The second kappa shape index (κ2) is 8.86. The Hall–Kier alpha value is -0.310. The van der Waals surface area contributed by atoms with Crippen molar-refractivity contribution in [1.29, 1.82) is 0 Å². The van der Waals surface area contributed by atoms with Crippen molar-refractivity contribution in [2.45, 2.75) is 20.0 Å². The van der Waals surface area contributed by atoms with Gasteiger partial charge in [-0.25, -0.2) is 0 Å². The van der Waals surface area contributed by atoms with Crippen LogP contribution in [0.25, 0.3) is 0 Å². The number of rotatable bonds is 4. The quantitative estimate of drug-likeness (QED) is 0.423. The lowest BCUT2D eigenvalue weighted by Crippen LogP contribution is -2.35. The topological polar surface area (TPSA) is 36.4 Å². The minimum Gasteiger partial charge on any atom is -0.352 e. The molecule has 0 aliphatic rings. The first kappa shape index (κ1) is 17.7. The van der Waals surface area contributed by atoms with Crippen LogP contribution in [0.15, 0.2) is 29.3 Å². The molecule has 2 aromatic heterocycles. The molecule has 2 rings (SSSR count). The van der Waals surface area contributed by atoms with Gasteiger partial charge in [-0.1, -0.05) is 11.6 Å². The lowest BCUT2D eigenvalue weighted by Gasteiger charge is -2.10. The summed E-state index contributed by atoms with van der Waals surface area (Å²) < 4.78 is 0.814. The lowest BCUT2D eigenvalue weighted by atomic mass is 10.4. The van der Waals surface area contributed by atoms with E-state index in [2.05, 4.69) is 34.7 Å². The zero-order valence-electron chi connectivity index (χ0n) is 11.3. The molecule has 0 spiro atoms. The lowest BCUT2D eigenvalue weighted by molar-refractivity contribution is 0.822. The van der Waals surface area contributed by atoms with Crippen molar-refractivity contribution in [3.8, 4) is 0 Å². The van der Waals surface area contributed by atoms with E-state index in [1.807, 2.05) is 12.1 Å². The number of thiophene rings is 2. The molecule has 7 heteroatoms. The maximum absolute atomic E-state index is 5.90. The molecule has 0 saturated heterocycles. The summed E-state index contributed by atoms with van der Waals surface area (Å²) in [7, 11) is 1.77. The third-order valence-corrected chi connectivity index (χ3v) is 4.74. The third-order valence-electron chi connectivity index (χ3n) is 2.51. The molecule has 3 nitrogen and oxygen atoms in total. The first-order valence-corrected chi connectivity index (χ1v) is 7.92. The summed E-state index contributed by atoms with van der Waals surface area (Å²) >= 11 is 9.28. The molecule has 20 heavy (non-hydrogen) atoms. The van der Waals surface area contributed by atoms with E-state index in [1.54, 1.807) is 29.7 Å². The van der Waals surface area contributed by atoms with Crippen LogP contribution in [-0.2, 0) is 13.1 Å². The van der Waals surface area contributed by atoms with Crippen LogP contribution < -0.4 is 10.6 Å². The maximum atomic E-state index is 5.90. The monoisotopic (exact) mass is 441 g/mol. The van der Waals surface area contributed by atoms with Crippen LogP contribution in [0.1, 0.15) is 14.6 Å². The molecule has 0 amide bonds. The van der Waals surface area contributed by atoms with Crippen LogP contribution >= 0.6 is 58.3 Å². The average Bonchev–Trinajstić information content (AvgIpc) is 2.99. The predicted molar refractivity (Wildman–Crippen MR) is 101 cm³/mol. The number of hydrogen-bond acceptors (Lipinski definition) is 3. The van der Waals surface area contributed by atoms with E-state index in [0.29, 0.717) is 0 Å². The van der Waals surface area contributed by atoms with Gasteiger partial charge >= 0.3 is 0 Å². The minimum atomic E-state index is 0. The highest BCUT2D eigenvalue weighted by atomic mass is 127. The number of guanidine groups is 1. The van der Waals surface area contributed by atoms with Crippen molar-refractivity contribution < 1.29 is 0 Å². The van der Waals surface area contributed by atoms with E-state index in [1.165, 1.54) is 14.6 Å². The molecule has 0 atom stereocenters. The molecule has 0 fully saturated rings. The SMILES string of the molecule is CN=C(NCc1ccc(C)s1)NCc1ccc(Cl)s1.I. The zero-order valence-corrected chi connectivity index (χ0v) is 16.0. The highest BCUT2D eigenvalue weighted by molar-refractivity contribution is 14.0. The van der Waals surface area contributed by atoms with Gasteiger partial charge in [0, 0.05) is 21.7 Å². The standard InChI is InChI=1S/C13H16ClN3S2.HI/c1-9-3-4-10(18-9)7-16-13(15-2)17-8-11-5-6-12(14)19-11;/h3-6H,7-8H2,1-2H3,(H2,15,16,17);1H. The molecule has 0 unspecified atom stereocenters. The molecule has 110 valence electrons.